The maximum absolute atomic E-state index is 12.9. The van der Waals surface area contributed by atoms with E-state index < -0.39 is 10.0 Å². The second kappa shape index (κ2) is 6.07. The highest BCUT2D eigenvalue weighted by Gasteiger charge is 2.26. The van der Waals surface area contributed by atoms with Gasteiger partial charge in [0.1, 0.15) is 4.90 Å². The largest absolute Gasteiger partial charge is 0.398 e. The van der Waals surface area contributed by atoms with Crippen molar-refractivity contribution in [2.24, 2.45) is 0 Å². The van der Waals surface area contributed by atoms with Gasteiger partial charge in [0.05, 0.1) is 11.4 Å². The molecule has 0 aromatic heterocycles. The van der Waals surface area contributed by atoms with Crippen LogP contribution in [0.5, 0.6) is 0 Å². The van der Waals surface area contributed by atoms with E-state index in [1.165, 1.54) is 10.4 Å². The standard InChI is InChI=1S/C15H17BrN2O2S/c1-3-18(13-6-4-5-11(2)9-13)21(19,20)15-10-12(16)7-8-14(15)17/h4-10H,3,17H2,1-2H3. The van der Waals surface area contributed by atoms with Gasteiger partial charge in [-0.25, -0.2) is 8.42 Å². The van der Waals surface area contributed by atoms with Crippen molar-refractivity contribution in [3.8, 4) is 0 Å². The van der Waals surface area contributed by atoms with Crippen LogP contribution in [0.1, 0.15) is 12.5 Å². The zero-order chi connectivity index (χ0) is 15.6. The lowest BCUT2D eigenvalue weighted by molar-refractivity contribution is 0.592. The number of aryl methyl sites for hydroxylation is 1. The van der Waals surface area contributed by atoms with E-state index in [-0.39, 0.29) is 10.6 Å². The normalized spacial score (nSPS) is 11.4. The van der Waals surface area contributed by atoms with Crippen LogP contribution >= 0.6 is 15.9 Å². The van der Waals surface area contributed by atoms with E-state index in [0.29, 0.717) is 16.7 Å². The zero-order valence-electron chi connectivity index (χ0n) is 11.9. The van der Waals surface area contributed by atoms with E-state index in [1.807, 2.05) is 25.1 Å². The Hall–Kier alpha value is -1.53. The molecule has 0 amide bonds. The number of hydrogen-bond acceptors (Lipinski definition) is 3. The molecule has 2 aromatic rings. The van der Waals surface area contributed by atoms with Crippen LogP contribution < -0.4 is 10.0 Å². The highest BCUT2D eigenvalue weighted by molar-refractivity contribution is 9.10. The van der Waals surface area contributed by atoms with Gasteiger partial charge in [0.25, 0.3) is 10.0 Å². The molecule has 0 saturated carbocycles. The third kappa shape index (κ3) is 3.22. The summed E-state index contributed by atoms with van der Waals surface area (Å²) in [5, 5.41) is 0. The molecule has 2 N–H and O–H groups in total. The molecule has 0 aliphatic heterocycles. The second-order valence-corrected chi connectivity index (χ2v) is 7.44. The predicted molar refractivity (Wildman–Crippen MR) is 89.9 cm³/mol. The van der Waals surface area contributed by atoms with E-state index in [2.05, 4.69) is 15.9 Å². The van der Waals surface area contributed by atoms with E-state index in [1.54, 1.807) is 25.1 Å². The Bertz CT molecular complexity index is 760. The summed E-state index contributed by atoms with van der Waals surface area (Å²) in [5.41, 5.74) is 7.73. The molecule has 0 aliphatic carbocycles. The lowest BCUT2D eigenvalue weighted by Gasteiger charge is -2.24. The smallest absolute Gasteiger partial charge is 0.266 e. The number of sulfonamides is 1. The molecule has 0 saturated heterocycles. The Morgan fingerprint density at radius 3 is 2.52 bits per heavy atom. The maximum atomic E-state index is 12.9. The Morgan fingerprint density at radius 2 is 1.90 bits per heavy atom. The van der Waals surface area contributed by atoms with Gasteiger partial charge < -0.3 is 5.73 Å². The highest BCUT2D eigenvalue weighted by atomic mass is 79.9. The molecule has 0 atom stereocenters. The lowest BCUT2D eigenvalue weighted by atomic mass is 10.2. The minimum absolute atomic E-state index is 0.111. The predicted octanol–water partition coefficient (Wildman–Crippen LogP) is 3.55. The Balaban J connectivity index is 2.57. The molecule has 112 valence electrons. The molecule has 0 radical (unpaired) electrons. The van der Waals surface area contributed by atoms with Gasteiger partial charge in [-0.3, -0.25) is 4.31 Å². The van der Waals surface area contributed by atoms with Crippen molar-refractivity contribution in [1.29, 1.82) is 0 Å². The number of nitrogens with two attached hydrogens (primary N) is 1. The average Bonchev–Trinajstić information content (AvgIpc) is 2.42. The van der Waals surface area contributed by atoms with Crippen LogP contribution in [0.15, 0.2) is 51.8 Å². The second-order valence-electron chi connectivity index (χ2n) is 4.69. The fraction of sp³-hybridized carbons (Fsp3) is 0.200. The van der Waals surface area contributed by atoms with Crippen molar-refractivity contribution in [2.75, 3.05) is 16.6 Å². The van der Waals surface area contributed by atoms with Gasteiger partial charge in [-0.2, -0.15) is 0 Å². The molecule has 6 heteroatoms. The Kier molecular flexibility index (Phi) is 4.58. The van der Waals surface area contributed by atoms with Crippen molar-refractivity contribution in [3.05, 3.63) is 52.5 Å². The lowest BCUT2D eigenvalue weighted by Crippen LogP contribution is -2.31. The first-order valence-corrected chi connectivity index (χ1v) is 8.74. The summed E-state index contributed by atoms with van der Waals surface area (Å²) >= 11 is 3.29. The molecule has 0 heterocycles. The third-order valence-corrected chi connectivity index (χ3v) is 5.57. The monoisotopic (exact) mass is 368 g/mol. The summed E-state index contributed by atoms with van der Waals surface area (Å²) in [4.78, 5) is 0.111. The first-order chi connectivity index (χ1) is 9.86. The molecule has 2 rings (SSSR count). The summed E-state index contributed by atoms with van der Waals surface area (Å²) in [5.74, 6) is 0. The summed E-state index contributed by atoms with van der Waals surface area (Å²) in [6.07, 6.45) is 0. The topological polar surface area (TPSA) is 63.4 Å². The van der Waals surface area contributed by atoms with E-state index >= 15 is 0 Å². The molecule has 0 spiro atoms. The first kappa shape index (κ1) is 15.9. The number of halogens is 1. The molecule has 0 fully saturated rings. The number of nitrogens with zero attached hydrogens (tertiary/aromatic N) is 1. The van der Waals surface area contributed by atoms with Crippen molar-refractivity contribution in [3.63, 3.8) is 0 Å². The highest BCUT2D eigenvalue weighted by Crippen LogP contribution is 2.29. The van der Waals surface area contributed by atoms with Gasteiger partial charge in [0.2, 0.25) is 0 Å². The van der Waals surface area contributed by atoms with Gasteiger partial charge in [0.15, 0.2) is 0 Å². The number of hydrogen-bond donors (Lipinski definition) is 1. The minimum atomic E-state index is -3.70. The molecule has 0 unspecified atom stereocenters. The molecule has 4 nitrogen and oxygen atoms in total. The van der Waals surface area contributed by atoms with Gasteiger partial charge in [0, 0.05) is 11.0 Å². The van der Waals surface area contributed by atoms with Gasteiger partial charge in [-0.05, 0) is 49.7 Å². The van der Waals surface area contributed by atoms with Crippen LogP contribution in [0.25, 0.3) is 0 Å². The van der Waals surface area contributed by atoms with Crippen LogP contribution in [-0.4, -0.2) is 15.0 Å². The van der Waals surface area contributed by atoms with Crippen molar-refractivity contribution in [2.45, 2.75) is 18.7 Å². The molecule has 0 bridgehead atoms. The van der Waals surface area contributed by atoms with E-state index in [9.17, 15) is 8.42 Å². The van der Waals surface area contributed by atoms with Crippen LogP contribution in [0.4, 0.5) is 11.4 Å². The SMILES string of the molecule is CCN(c1cccc(C)c1)S(=O)(=O)c1cc(Br)ccc1N. The van der Waals surface area contributed by atoms with Gasteiger partial charge in [-0.1, -0.05) is 28.1 Å². The molecule has 21 heavy (non-hydrogen) atoms. The third-order valence-electron chi connectivity index (χ3n) is 3.12. The first-order valence-electron chi connectivity index (χ1n) is 6.50. The van der Waals surface area contributed by atoms with E-state index in [0.717, 1.165) is 5.56 Å². The summed E-state index contributed by atoms with van der Waals surface area (Å²) < 4.78 is 27.8. The quantitative estimate of drug-likeness (QED) is 0.839. The fourth-order valence-corrected chi connectivity index (χ4v) is 4.25. The van der Waals surface area contributed by atoms with E-state index in [4.69, 9.17) is 5.73 Å². The maximum Gasteiger partial charge on any atom is 0.266 e. The van der Waals surface area contributed by atoms with Crippen molar-refractivity contribution < 1.29 is 8.42 Å². The number of benzene rings is 2. The zero-order valence-corrected chi connectivity index (χ0v) is 14.3. The van der Waals surface area contributed by atoms with Crippen LogP contribution in [0.3, 0.4) is 0 Å². The van der Waals surface area contributed by atoms with Gasteiger partial charge in [-0.15, -0.1) is 0 Å². The fourth-order valence-electron chi connectivity index (χ4n) is 2.12. The minimum Gasteiger partial charge on any atom is -0.398 e. The molecular weight excluding hydrogens is 352 g/mol. The molecule has 2 aromatic carbocycles. The summed E-state index contributed by atoms with van der Waals surface area (Å²) in [7, 11) is -3.70. The average molecular weight is 369 g/mol. The van der Waals surface area contributed by atoms with Crippen LogP contribution in [0.2, 0.25) is 0 Å². The van der Waals surface area contributed by atoms with Crippen LogP contribution in [-0.2, 0) is 10.0 Å². The molecule has 0 aliphatic rings. The van der Waals surface area contributed by atoms with Crippen molar-refractivity contribution in [1.82, 2.24) is 0 Å². The Labute approximate surface area is 133 Å². The van der Waals surface area contributed by atoms with Crippen molar-refractivity contribution >= 4 is 37.3 Å². The summed E-state index contributed by atoms with van der Waals surface area (Å²) in [6.45, 7) is 4.06. The number of anilines is 2. The summed E-state index contributed by atoms with van der Waals surface area (Å²) in [6, 6.07) is 12.2. The molecular formula is C15H17BrN2O2S. The number of nitrogen functional groups attached to an aromatic ring is 1. The van der Waals surface area contributed by atoms with Crippen LogP contribution in [0, 0.1) is 6.92 Å². The Morgan fingerprint density at radius 1 is 1.19 bits per heavy atom. The number of rotatable bonds is 4. The van der Waals surface area contributed by atoms with Gasteiger partial charge >= 0.3 is 0 Å².